The average molecular weight is 317 g/mol. The Morgan fingerprint density at radius 2 is 1.37 bits per heavy atom. The Bertz CT molecular complexity index is 602. The quantitative estimate of drug-likeness (QED) is 0.858. The number of carbonyl (C=O) groups is 1. The Balaban J connectivity index is 1.83. The molecule has 3 rings (SSSR count). The molecule has 2 nitrogen and oxygen atoms in total. The number of hydrogen-bond acceptors (Lipinski definition) is 2. The highest BCUT2D eigenvalue weighted by molar-refractivity contribution is 9.10. The fourth-order valence-corrected chi connectivity index (χ4v) is 2.70. The van der Waals surface area contributed by atoms with Gasteiger partial charge in [-0.3, -0.25) is 4.79 Å². The lowest BCUT2D eigenvalue weighted by molar-refractivity contribution is -0.110. The maximum Gasteiger partial charge on any atom is 0.149 e. The SMILES string of the molecule is COc1ccc(C2C(=O)C2c2ccc(Br)cc2)cc1. The van der Waals surface area contributed by atoms with Crippen molar-refractivity contribution in [2.75, 3.05) is 7.11 Å². The van der Waals surface area contributed by atoms with E-state index in [0.717, 1.165) is 21.3 Å². The Hall–Kier alpha value is -1.61. The summed E-state index contributed by atoms with van der Waals surface area (Å²) in [5.41, 5.74) is 2.16. The second kappa shape index (κ2) is 4.82. The van der Waals surface area contributed by atoms with Gasteiger partial charge in [0, 0.05) is 4.47 Å². The highest BCUT2D eigenvalue weighted by Crippen LogP contribution is 2.50. The number of rotatable bonds is 3. The van der Waals surface area contributed by atoms with Crippen molar-refractivity contribution in [3.8, 4) is 5.75 Å². The van der Waals surface area contributed by atoms with Crippen LogP contribution in [0, 0.1) is 0 Å². The van der Waals surface area contributed by atoms with E-state index in [0.29, 0.717) is 5.78 Å². The first-order chi connectivity index (χ1) is 9.20. The Kier molecular flexibility index (Phi) is 3.15. The van der Waals surface area contributed by atoms with Gasteiger partial charge < -0.3 is 4.74 Å². The highest BCUT2D eigenvalue weighted by atomic mass is 79.9. The predicted octanol–water partition coefficient (Wildman–Crippen LogP) is 3.91. The maximum atomic E-state index is 12.0. The second-order valence-electron chi connectivity index (χ2n) is 4.68. The van der Waals surface area contributed by atoms with E-state index in [1.807, 2.05) is 48.5 Å². The molecule has 0 bridgehead atoms. The number of methoxy groups -OCH3 is 1. The van der Waals surface area contributed by atoms with Crippen molar-refractivity contribution in [2.24, 2.45) is 0 Å². The van der Waals surface area contributed by atoms with Gasteiger partial charge in [0.25, 0.3) is 0 Å². The van der Waals surface area contributed by atoms with E-state index >= 15 is 0 Å². The van der Waals surface area contributed by atoms with Crippen LogP contribution in [0.5, 0.6) is 5.75 Å². The maximum absolute atomic E-state index is 12.0. The van der Waals surface area contributed by atoms with Gasteiger partial charge in [-0.15, -0.1) is 0 Å². The number of halogens is 1. The topological polar surface area (TPSA) is 26.3 Å². The summed E-state index contributed by atoms with van der Waals surface area (Å²) in [6.07, 6.45) is 0. The molecular weight excluding hydrogens is 304 g/mol. The van der Waals surface area contributed by atoms with E-state index in [2.05, 4.69) is 15.9 Å². The summed E-state index contributed by atoms with van der Waals surface area (Å²) in [6.45, 7) is 0. The zero-order chi connectivity index (χ0) is 13.4. The summed E-state index contributed by atoms with van der Waals surface area (Å²) in [6, 6.07) is 15.7. The van der Waals surface area contributed by atoms with Crippen LogP contribution in [-0.4, -0.2) is 12.9 Å². The molecule has 0 N–H and O–H groups in total. The van der Waals surface area contributed by atoms with Crippen LogP contribution in [0.1, 0.15) is 23.0 Å². The molecule has 0 aliphatic heterocycles. The summed E-state index contributed by atoms with van der Waals surface area (Å²) in [7, 11) is 1.64. The summed E-state index contributed by atoms with van der Waals surface area (Å²) in [5.74, 6) is 1.14. The van der Waals surface area contributed by atoms with Gasteiger partial charge in [0.1, 0.15) is 11.5 Å². The lowest BCUT2D eigenvalue weighted by Gasteiger charge is -2.02. The van der Waals surface area contributed by atoms with Gasteiger partial charge in [0.2, 0.25) is 0 Å². The Morgan fingerprint density at radius 1 is 0.895 bits per heavy atom. The fourth-order valence-electron chi connectivity index (χ4n) is 2.43. The van der Waals surface area contributed by atoms with Crippen molar-refractivity contribution in [1.82, 2.24) is 0 Å². The minimum Gasteiger partial charge on any atom is -0.497 e. The lowest BCUT2D eigenvalue weighted by Crippen LogP contribution is -1.86. The van der Waals surface area contributed by atoms with Crippen molar-refractivity contribution < 1.29 is 9.53 Å². The van der Waals surface area contributed by atoms with E-state index in [4.69, 9.17) is 4.74 Å². The van der Waals surface area contributed by atoms with E-state index in [-0.39, 0.29) is 11.8 Å². The summed E-state index contributed by atoms with van der Waals surface area (Å²) < 4.78 is 6.16. The van der Waals surface area contributed by atoms with Gasteiger partial charge in [0.15, 0.2) is 0 Å². The van der Waals surface area contributed by atoms with E-state index in [1.165, 1.54) is 0 Å². The smallest absolute Gasteiger partial charge is 0.149 e. The second-order valence-corrected chi connectivity index (χ2v) is 5.60. The molecule has 19 heavy (non-hydrogen) atoms. The molecule has 2 atom stereocenters. The number of benzene rings is 2. The van der Waals surface area contributed by atoms with Crippen molar-refractivity contribution >= 4 is 21.7 Å². The minimum atomic E-state index is 0.00656. The molecule has 0 spiro atoms. The normalized spacial score (nSPS) is 21.3. The molecular formula is C16H13BrO2. The molecule has 1 aliphatic rings. The molecule has 0 radical (unpaired) electrons. The molecule has 1 fully saturated rings. The average Bonchev–Trinajstić information content (AvgIpc) is 3.11. The van der Waals surface area contributed by atoms with Crippen molar-refractivity contribution in [2.45, 2.75) is 11.8 Å². The highest BCUT2D eigenvalue weighted by Gasteiger charge is 2.50. The summed E-state index contributed by atoms with van der Waals surface area (Å²) in [5, 5.41) is 0. The van der Waals surface area contributed by atoms with Crippen LogP contribution in [0.3, 0.4) is 0 Å². The number of ether oxygens (including phenoxy) is 1. The van der Waals surface area contributed by atoms with Crippen molar-refractivity contribution in [3.63, 3.8) is 0 Å². The summed E-state index contributed by atoms with van der Waals surface area (Å²) in [4.78, 5) is 12.0. The zero-order valence-electron chi connectivity index (χ0n) is 10.5. The molecule has 96 valence electrons. The van der Waals surface area contributed by atoms with Crippen LogP contribution in [-0.2, 0) is 4.79 Å². The molecule has 1 aliphatic carbocycles. The van der Waals surface area contributed by atoms with Gasteiger partial charge in [-0.1, -0.05) is 40.2 Å². The Morgan fingerprint density at radius 3 is 1.84 bits per heavy atom. The number of carbonyl (C=O) groups excluding carboxylic acids is 1. The van der Waals surface area contributed by atoms with Crippen LogP contribution < -0.4 is 4.74 Å². The first-order valence-electron chi connectivity index (χ1n) is 6.14. The molecule has 0 heterocycles. The first-order valence-corrected chi connectivity index (χ1v) is 6.93. The predicted molar refractivity (Wildman–Crippen MR) is 77.6 cm³/mol. The van der Waals surface area contributed by atoms with Crippen molar-refractivity contribution in [1.29, 1.82) is 0 Å². The van der Waals surface area contributed by atoms with E-state index < -0.39 is 0 Å². The van der Waals surface area contributed by atoms with Gasteiger partial charge in [-0.25, -0.2) is 0 Å². The third-order valence-corrected chi connectivity index (χ3v) is 4.07. The van der Waals surface area contributed by atoms with Gasteiger partial charge in [-0.05, 0) is 35.4 Å². The minimum absolute atomic E-state index is 0.00656. The van der Waals surface area contributed by atoms with Crippen LogP contribution in [0.4, 0.5) is 0 Å². The number of hydrogen-bond donors (Lipinski definition) is 0. The molecule has 1 saturated carbocycles. The Labute approximate surface area is 120 Å². The van der Waals surface area contributed by atoms with E-state index in [1.54, 1.807) is 7.11 Å². The third-order valence-electron chi connectivity index (χ3n) is 3.54. The standard InChI is InChI=1S/C16H13BrO2/c1-19-13-8-4-11(5-9-13)15-14(16(15)18)10-2-6-12(17)7-3-10/h2-9,14-15H,1H3. The largest absolute Gasteiger partial charge is 0.497 e. The molecule has 2 aromatic carbocycles. The van der Waals surface area contributed by atoms with E-state index in [9.17, 15) is 4.79 Å². The van der Waals surface area contributed by atoms with Crippen LogP contribution in [0.15, 0.2) is 53.0 Å². The molecule has 3 heteroatoms. The molecule has 0 saturated heterocycles. The van der Waals surface area contributed by atoms with Gasteiger partial charge in [-0.2, -0.15) is 0 Å². The fraction of sp³-hybridized carbons (Fsp3) is 0.188. The first kappa shape index (κ1) is 12.4. The van der Waals surface area contributed by atoms with Gasteiger partial charge in [0.05, 0.1) is 18.9 Å². The van der Waals surface area contributed by atoms with Crippen LogP contribution in [0.2, 0.25) is 0 Å². The molecule has 2 unspecified atom stereocenters. The van der Waals surface area contributed by atoms with Crippen LogP contribution in [0.25, 0.3) is 0 Å². The molecule has 0 aromatic heterocycles. The molecule has 2 aromatic rings. The van der Waals surface area contributed by atoms with Crippen LogP contribution >= 0.6 is 15.9 Å². The number of ketones is 1. The van der Waals surface area contributed by atoms with Crippen molar-refractivity contribution in [3.05, 3.63) is 64.1 Å². The summed E-state index contributed by atoms with van der Waals surface area (Å²) >= 11 is 3.41. The lowest BCUT2D eigenvalue weighted by atomic mass is 10.0. The van der Waals surface area contributed by atoms with Gasteiger partial charge >= 0.3 is 0 Å². The monoisotopic (exact) mass is 316 g/mol. The molecule has 0 amide bonds. The third kappa shape index (κ3) is 2.30. The number of Topliss-reactive ketones (excluding diaryl/α,β-unsaturated/α-hetero) is 1. The zero-order valence-corrected chi connectivity index (χ0v) is 12.1.